The molecule has 6 heterocycles. The minimum absolute atomic E-state index is 0.0383. The highest BCUT2D eigenvalue weighted by Crippen LogP contribution is 2.42. The maximum Gasteiger partial charge on any atom is 0.419 e. The number of piperidine rings is 1. The number of hydrogen-bond donors (Lipinski definition) is 0. The summed E-state index contributed by atoms with van der Waals surface area (Å²) >= 11 is 0. The van der Waals surface area contributed by atoms with Gasteiger partial charge in [0.2, 0.25) is 11.9 Å². The molecule has 3 aliphatic rings. The number of hydrogen-bond acceptors (Lipinski definition) is 8. The third-order valence-corrected chi connectivity index (χ3v) is 7.57. The van der Waals surface area contributed by atoms with Crippen molar-refractivity contribution in [3.8, 4) is 0 Å². The van der Waals surface area contributed by atoms with Crippen molar-refractivity contribution in [2.75, 3.05) is 49.2 Å². The number of rotatable bonds is 3. The van der Waals surface area contributed by atoms with Crippen molar-refractivity contribution >= 4 is 22.9 Å². The van der Waals surface area contributed by atoms with Crippen LogP contribution in [0.2, 0.25) is 0 Å². The number of aromatic nitrogens is 6. The van der Waals surface area contributed by atoms with E-state index in [2.05, 4.69) is 20.0 Å². The van der Waals surface area contributed by atoms with Gasteiger partial charge in [-0.25, -0.2) is 14.6 Å². The summed E-state index contributed by atoms with van der Waals surface area (Å²) in [5.41, 5.74) is -0.340. The fraction of sp³-hybridized carbons (Fsp3) is 0.591. The van der Waals surface area contributed by atoms with E-state index in [1.165, 1.54) is 0 Å². The van der Waals surface area contributed by atoms with E-state index in [1.807, 2.05) is 4.90 Å². The Morgan fingerprint density at radius 1 is 1.03 bits per heavy atom. The molecule has 3 saturated heterocycles. The Hall–Kier alpha value is -3.22. The lowest BCUT2D eigenvalue weighted by Crippen LogP contribution is -2.44. The molecule has 0 aromatic carbocycles. The predicted molar refractivity (Wildman–Crippen MR) is 120 cm³/mol. The van der Waals surface area contributed by atoms with Crippen LogP contribution < -0.4 is 15.4 Å². The SMILES string of the molecule is Cn1c(N2CCC3(CCN(c4ncc(C(F)(F)F)cn4)C3)CC2)nc2c(cnn2C2COC2)c1=O. The third-order valence-electron chi connectivity index (χ3n) is 7.57. The molecule has 1 spiro atoms. The topological polar surface area (TPSA) is 94.2 Å². The Labute approximate surface area is 198 Å². The van der Waals surface area contributed by atoms with E-state index in [1.54, 1.807) is 22.5 Å². The van der Waals surface area contributed by atoms with Gasteiger partial charge in [0.1, 0.15) is 11.4 Å². The zero-order chi connectivity index (χ0) is 24.4. The van der Waals surface area contributed by atoms with Crippen molar-refractivity contribution < 1.29 is 17.9 Å². The van der Waals surface area contributed by atoms with Crippen LogP contribution in [0.3, 0.4) is 0 Å². The van der Waals surface area contributed by atoms with E-state index in [-0.39, 0.29) is 17.0 Å². The van der Waals surface area contributed by atoms with Gasteiger partial charge in [-0.2, -0.15) is 23.3 Å². The first-order chi connectivity index (χ1) is 16.7. The summed E-state index contributed by atoms with van der Waals surface area (Å²) in [5.74, 6) is 0.959. The monoisotopic (exact) mass is 490 g/mol. The van der Waals surface area contributed by atoms with Crippen molar-refractivity contribution in [3.63, 3.8) is 0 Å². The maximum absolute atomic E-state index is 13.0. The fourth-order valence-corrected chi connectivity index (χ4v) is 5.30. The van der Waals surface area contributed by atoms with Crippen LogP contribution >= 0.6 is 0 Å². The van der Waals surface area contributed by atoms with Crippen LogP contribution in [0.1, 0.15) is 30.9 Å². The van der Waals surface area contributed by atoms with Crippen molar-refractivity contribution in [1.29, 1.82) is 0 Å². The summed E-state index contributed by atoms with van der Waals surface area (Å²) in [6.45, 7) is 3.99. The molecule has 186 valence electrons. The largest absolute Gasteiger partial charge is 0.419 e. The highest BCUT2D eigenvalue weighted by atomic mass is 19.4. The van der Waals surface area contributed by atoms with Crippen LogP contribution in [0.5, 0.6) is 0 Å². The smallest absolute Gasteiger partial charge is 0.377 e. The van der Waals surface area contributed by atoms with Crippen LogP contribution in [0.25, 0.3) is 11.0 Å². The second-order valence-corrected chi connectivity index (χ2v) is 9.72. The van der Waals surface area contributed by atoms with E-state index in [0.717, 1.165) is 44.7 Å². The van der Waals surface area contributed by atoms with Crippen molar-refractivity contribution in [3.05, 3.63) is 34.5 Å². The van der Waals surface area contributed by atoms with Crippen LogP contribution in [0.4, 0.5) is 25.1 Å². The van der Waals surface area contributed by atoms with Crippen LogP contribution in [-0.4, -0.2) is 68.7 Å². The number of fused-ring (bicyclic) bond motifs is 1. The van der Waals surface area contributed by atoms with Crippen LogP contribution in [0, 0.1) is 5.41 Å². The molecule has 0 radical (unpaired) electrons. The lowest BCUT2D eigenvalue weighted by atomic mass is 9.78. The molecular formula is C22H25F3N8O2. The first kappa shape index (κ1) is 22.3. The molecule has 0 unspecified atom stereocenters. The molecule has 3 fully saturated rings. The number of ether oxygens (including phenoxy) is 1. The molecule has 3 aliphatic heterocycles. The minimum Gasteiger partial charge on any atom is -0.377 e. The Morgan fingerprint density at radius 3 is 2.29 bits per heavy atom. The number of nitrogens with zero attached hydrogens (tertiary/aromatic N) is 8. The predicted octanol–water partition coefficient (Wildman–Crippen LogP) is 2.01. The standard InChI is InChI=1S/C22H25F3N8O2/c1-30-18(34)16-10-28-33(15-11-35-12-15)17(16)29-20(30)31-5-2-21(3-6-31)4-7-32(13-21)19-26-8-14(9-27-19)22(23,24)25/h8-10,15H,2-7,11-13H2,1H3. The lowest BCUT2D eigenvalue weighted by molar-refractivity contribution is -0.138. The summed E-state index contributed by atoms with van der Waals surface area (Å²) in [6, 6.07) is 0.0986. The highest BCUT2D eigenvalue weighted by molar-refractivity contribution is 5.75. The van der Waals surface area contributed by atoms with Gasteiger partial charge in [0.05, 0.1) is 25.0 Å². The summed E-state index contributed by atoms with van der Waals surface area (Å²) in [4.78, 5) is 29.9. The quantitative estimate of drug-likeness (QED) is 0.551. The molecular weight excluding hydrogens is 465 g/mol. The number of halogens is 3. The molecule has 3 aromatic rings. The van der Waals surface area contributed by atoms with Crippen molar-refractivity contribution in [1.82, 2.24) is 29.3 Å². The molecule has 35 heavy (non-hydrogen) atoms. The Balaban J connectivity index is 1.18. The molecule has 0 N–H and O–H groups in total. The Kier molecular flexibility index (Phi) is 5.02. The summed E-state index contributed by atoms with van der Waals surface area (Å²) in [7, 11) is 1.73. The second kappa shape index (κ2) is 7.90. The molecule has 13 heteroatoms. The van der Waals surface area contributed by atoms with Crippen LogP contribution in [-0.2, 0) is 18.0 Å². The second-order valence-electron chi connectivity index (χ2n) is 9.72. The zero-order valence-corrected chi connectivity index (χ0v) is 19.2. The van der Waals surface area contributed by atoms with E-state index in [9.17, 15) is 18.0 Å². The Morgan fingerprint density at radius 2 is 1.69 bits per heavy atom. The van der Waals surface area contributed by atoms with Gasteiger partial charge >= 0.3 is 6.18 Å². The molecule has 6 rings (SSSR count). The Bertz CT molecular complexity index is 1310. The van der Waals surface area contributed by atoms with Crippen LogP contribution in [0.15, 0.2) is 23.4 Å². The van der Waals surface area contributed by atoms with E-state index >= 15 is 0 Å². The normalized spacial score (nSPS) is 20.7. The average molecular weight is 490 g/mol. The number of alkyl halides is 3. The van der Waals surface area contributed by atoms with Gasteiger partial charge in [-0.3, -0.25) is 9.36 Å². The van der Waals surface area contributed by atoms with Gasteiger partial charge in [0.15, 0.2) is 5.65 Å². The van der Waals surface area contributed by atoms with Gasteiger partial charge in [-0.05, 0) is 24.7 Å². The summed E-state index contributed by atoms with van der Waals surface area (Å²) in [5, 5.41) is 4.88. The number of anilines is 2. The van der Waals surface area contributed by atoms with Gasteiger partial charge in [0, 0.05) is 45.6 Å². The van der Waals surface area contributed by atoms with Gasteiger partial charge in [-0.1, -0.05) is 0 Å². The zero-order valence-electron chi connectivity index (χ0n) is 19.2. The first-order valence-corrected chi connectivity index (χ1v) is 11.7. The molecule has 0 saturated carbocycles. The van der Waals surface area contributed by atoms with E-state index < -0.39 is 11.7 Å². The van der Waals surface area contributed by atoms with Crippen molar-refractivity contribution in [2.45, 2.75) is 31.5 Å². The summed E-state index contributed by atoms with van der Waals surface area (Å²) in [6.07, 6.45) is 1.51. The van der Waals surface area contributed by atoms with Gasteiger partial charge < -0.3 is 14.5 Å². The minimum atomic E-state index is -4.45. The average Bonchev–Trinajstić information content (AvgIpc) is 3.41. The molecule has 0 atom stereocenters. The van der Waals surface area contributed by atoms with E-state index in [4.69, 9.17) is 9.72 Å². The van der Waals surface area contributed by atoms with Gasteiger partial charge in [-0.15, -0.1) is 0 Å². The molecule has 10 nitrogen and oxygen atoms in total. The maximum atomic E-state index is 13.0. The van der Waals surface area contributed by atoms with Crippen molar-refractivity contribution in [2.24, 2.45) is 12.5 Å². The lowest BCUT2D eigenvalue weighted by Gasteiger charge is -2.40. The van der Waals surface area contributed by atoms with Gasteiger partial charge in [0.25, 0.3) is 5.56 Å². The molecule has 3 aromatic heterocycles. The highest BCUT2D eigenvalue weighted by Gasteiger charge is 2.42. The first-order valence-electron chi connectivity index (χ1n) is 11.7. The third kappa shape index (κ3) is 3.72. The fourth-order valence-electron chi connectivity index (χ4n) is 5.30. The summed E-state index contributed by atoms with van der Waals surface area (Å²) < 4.78 is 47.1. The molecule has 0 bridgehead atoms. The molecule has 0 aliphatic carbocycles. The molecule has 0 amide bonds. The van der Waals surface area contributed by atoms with E-state index in [0.29, 0.717) is 49.2 Å².